The van der Waals surface area contributed by atoms with Crippen LogP contribution in [0.1, 0.15) is 76.8 Å². The van der Waals surface area contributed by atoms with Crippen molar-refractivity contribution in [1.29, 1.82) is 0 Å². The van der Waals surface area contributed by atoms with Crippen LogP contribution in [0.5, 0.6) is 0 Å². The normalized spacial score (nSPS) is 19.3. The number of hydrogen-bond acceptors (Lipinski definition) is 6. The summed E-state index contributed by atoms with van der Waals surface area (Å²) in [4.78, 5) is 47.8. The molecule has 9 nitrogen and oxygen atoms in total. The first kappa shape index (κ1) is 30.5. The van der Waals surface area contributed by atoms with Crippen molar-refractivity contribution in [2.24, 2.45) is 34.4 Å². The van der Waals surface area contributed by atoms with Gasteiger partial charge in [0, 0.05) is 18.7 Å². The van der Waals surface area contributed by atoms with Crippen molar-refractivity contribution in [3.63, 3.8) is 0 Å². The van der Waals surface area contributed by atoms with E-state index < -0.39 is 48.8 Å². The molecule has 0 radical (unpaired) electrons. The lowest BCUT2D eigenvalue weighted by atomic mass is 9.88. The topological polar surface area (TPSA) is 139 Å². The number of aliphatic imine (C=N–C) groups is 1. The molecule has 2 atom stereocenters. The van der Waals surface area contributed by atoms with Gasteiger partial charge < -0.3 is 21.7 Å². The zero-order chi connectivity index (χ0) is 29.7. The Morgan fingerprint density at radius 2 is 1.71 bits per heavy atom. The minimum absolute atomic E-state index is 0.0172. The van der Waals surface area contributed by atoms with Gasteiger partial charge in [0.2, 0.25) is 11.8 Å². The van der Waals surface area contributed by atoms with Crippen LogP contribution in [0, 0.1) is 23.7 Å². The molecule has 0 saturated heterocycles. The zero-order valence-electron chi connectivity index (χ0n) is 23.4. The molecule has 1 aromatic rings. The maximum Gasteiger partial charge on any atom is 0.389 e. The number of halogens is 3. The standard InChI is InChI=1S/C29H39F3N6O3/c1-16(2)35-21(10-13-33)27(40)38-26(24(17-3-4-17)18-5-6-18)28(41)36-22-15-20(11-14-34-22)25(19-7-8-19)37-23(39)9-12-29(30,31)32/h10-11,13-19,24-26H,3-9,12,33H2,1-2H3,(H,37,39)(H,38,40)(H,34,36,41)/b13-10-,35-21?/t25?,26-/m0/s1. The summed E-state index contributed by atoms with van der Waals surface area (Å²) in [6.45, 7) is 3.68. The number of rotatable bonds is 14. The van der Waals surface area contributed by atoms with E-state index in [4.69, 9.17) is 5.73 Å². The van der Waals surface area contributed by atoms with Gasteiger partial charge in [0.05, 0.1) is 12.5 Å². The third-order valence-corrected chi connectivity index (χ3v) is 7.61. The minimum atomic E-state index is -4.41. The molecule has 5 N–H and O–H groups in total. The quantitative estimate of drug-likeness (QED) is 0.246. The Morgan fingerprint density at radius 1 is 1.07 bits per heavy atom. The highest BCUT2D eigenvalue weighted by molar-refractivity contribution is 6.43. The summed E-state index contributed by atoms with van der Waals surface area (Å²) in [5, 5.41) is 8.51. The lowest BCUT2D eigenvalue weighted by Gasteiger charge is -2.27. The first-order chi connectivity index (χ1) is 19.4. The second-order valence-corrected chi connectivity index (χ2v) is 11.6. The van der Waals surface area contributed by atoms with E-state index in [0.717, 1.165) is 38.5 Å². The molecule has 1 heterocycles. The van der Waals surface area contributed by atoms with Crippen molar-refractivity contribution >= 4 is 29.3 Å². The summed E-state index contributed by atoms with van der Waals surface area (Å²) in [6.07, 6.45) is 3.59. The molecular formula is C29H39F3N6O3. The average molecular weight is 577 g/mol. The molecule has 0 spiro atoms. The van der Waals surface area contributed by atoms with Gasteiger partial charge >= 0.3 is 6.18 Å². The monoisotopic (exact) mass is 576 g/mol. The zero-order valence-corrected chi connectivity index (χ0v) is 23.4. The summed E-state index contributed by atoms with van der Waals surface area (Å²) in [5.41, 5.74) is 6.33. The first-order valence-corrected chi connectivity index (χ1v) is 14.3. The van der Waals surface area contributed by atoms with Gasteiger partial charge in [0.25, 0.3) is 5.91 Å². The number of nitrogens with one attached hydrogen (secondary N) is 3. The van der Waals surface area contributed by atoms with Gasteiger partial charge in [-0.05, 0) is 106 Å². The van der Waals surface area contributed by atoms with Crippen LogP contribution in [-0.4, -0.2) is 46.7 Å². The average Bonchev–Trinajstić information content (AvgIpc) is 3.74. The van der Waals surface area contributed by atoms with Gasteiger partial charge in [0.1, 0.15) is 17.6 Å². The molecule has 0 aliphatic heterocycles. The van der Waals surface area contributed by atoms with E-state index in [1.165, 1.54) is 18.5 Å². The van der Waals surface area contributed by atoms with Crippen molar-refractivity contribution in [2.45, 2.75) is 89.5 Å². The van der Waals surface area contributed by atoms with Crippen molar-refractivity contribution in [3.05, 3.63) is 36.2 Å². The molecule has 0 bridgehead atoms. The van der Waals surface area contributed by atoms with E-state index in [-0.39, 0.29) is 29.4 Å². The molecular weight excluding hydrogens is 537 g/mol. The molecule has 3 fully saturated rings. The second kappa shape index (κ2) is 13.0. The Hall–Kier alpha value is -3.44. The van der Waals surface area contributed by atoms with E-state index in [9.17, 15) is 27.6 Å². The number of nitrogens with zero attached hydrogens (tertiary/aromatic N) is 2. The summed E-state index contributed by atoms with van der Waals surface area (Å²) in [5.74, 6) is -0.535. The highest BCUT2D eigenvalue weighted by Gasteiger charge is 2.48. The van der Waals surface area contributed by atoms with Crippen LogP contribution in [0.25, 0.3) is 0 Å². The molecule has 12 heteroatoms. The van der Waals surface area contributed by atoms with E-state index in [1.807, 2.05) is 13.8 Å². The number of nitrogens with two attached hydrogens (primary N) is 1. The Morgan fingerprint density at radius 3 is 2.24 bits per heavy atom. The minimum Gasteiger partial charge on any atom is -0.405 e. The van der Waals surface area contributed by atoms with Crippen LogP contribution in [-0.2, 0) is 14.4 Å². The number of amides is 3. The van der Waals surface area contributed by atoms with Gasteiger partial charge in [-0.1, -0.05) is 0 Å². The summed E-state index contributed by atoms with van der Waals surface area (Å²) >= 11 is 0. The smallest absolute Gasteiger partial charge is 0.389 e. The van der Waals surface area contributed by atoms with Crippen LogP contribution in [0.4, 0.5) is 19.0 Å². The number of hydrogen-bond donors (Lipinski definition) is 4. The highest BCUT2D eigenvalue weighted by atomic mass is 19.4. The second-order valence-electron chi connectivity index (χ2n) is 11.6. The fourth-order valence-corrected chi connectivity index (χ4v) is 5.31. The van der Waals surface area contributed by atoms with Crippen LogP contribution < -0.4 is 21.7 Å². The van der Waals surface area contributed by atoms with Crippen LogP contribution in [0.2, 0.25) is 0 Å². The third kappa shape index (κ3) is 9.29. The Bertz CT molecular complexity index is 1160. The number of anilines is 1. The highest BCUT2D eigenvalue weighted by Crippen LogP contribution is 2.51. The SMILES string of the molecule is CC(C)N=C(/C=C\N)C(=O)N[C@H](C(=O)Nc1cc(C(NC(=O)CCC(F)(F)F)C2CC2)ccn1)C(C1CC1)C1CC1. The molecule has 0 aromatic carbocycles. The van der Waals surface area contributed by atoms with Gasteiger partial charge in [-0.15, -0.1) is 0 Å². The Labute approximate surface area is 238 Å². The van der Waals surface area contributed by atoms with E-state index in [0.29, 0.717) is 17.4 Å². The molecule has 1 unspecified atom stereocenters. The number of carbonyl (C=O) groups is 3. The van der Waals surface area contributed by atoms with Crippen LogP contribution in [0.15, 0.2) is 35.6 Å². The van der Waals surface area contributed by atoms with E-state index in [2.05, 4.69) is 25.9 Å². The summed E-state index contributed by atoms with van der Waals surface area (Å²) in [7, 11) is 0. The maximum atomic E-state index is 13.7. The molecule has 41 heavy (non-hydrogen) atoms. The molecule has 3 amide bonds. The molecule has 3 aliphatic rings. The Kier molecular flexibility index (Phi) is 9.70. The number of carbonyl (C=O) groups excluding carboxylic acids is 3. The summed E-state index contributed by atoms with van der Waals surface area (Å²) in [6, 6.07) is 1.89. The lowest BCUT2D eigenvalue weighted by molar-refractivity contribution is -0.144. The summed E-state index contributed by atoms with van der Waals surface area (Å²) < 4.78 is 37.8. The number of pyridine rings is 1. The number of alkyl halides is 3. The molecule has 4 rings (SSSR count). The fraction of sp³-hybridized carbons (Fsp3) is 0.621. The van der Waals surface area contributed by atoms with Gasteiger partial charge in [0.15, 0.2) is 0 Å². The predicted molar refractivity (Wildman–Crippen MR) is 149 cm³/mol. The first-order valence-electron chi connectivity index (χ1n) is 14.3. The number of aromatic nitrogens is 1. The van der Waals surface area contributed by atoms with Crippen LogP contribution >= 0.6 is 0 Å². The predicted octanol–water partition coefficient (Wildman–Crippen LogP) is 4.17. The van der Waals surface area contributed by atoms with Crippen molar-refractivity contribution in [1.82, 2.24) is 15.6 Å². The van der Waals surface area contributed by atoms with Gasteiger partial charge in [-0.2, -0.15) is 13.2 Å². The Balaban J connectivity index is 1.50. The van der Waals surface area contributed by atoms with E-state index >= 15 is 0 Å². The third-order valence-electron chi connectivity index (χ3n) is 7.61. The molecule has 3 aliphatic carbocycles. The van der Waals surface area contributed by atoms with Crippen molar-refractivity contribution in [2.75, 3.05) is 5.32 Å². The molecule has 1 aromatic heterocycles. The molecule has 224 valence electrons. The van der Waals surface area contributed by atoms with E-state index in [1.54, 1.807) is 12.1 Å². The maximum absolute atomic E-state index is 13.7. The van der Waals surface area contributed by atoms with Crippen molar-refractivity contribution in [3.8, 4) is 0 Å². The van der Waals surface area contributed by atoms with Gasteiger partial charge in [-0.3, -0.25) is 19.4 Å². The molecule has 3 saturated carbocycles. The largest absolute Gasteiger partial charge is 0.405 e. The lowest BCUT2D eigenvalue weighted by Crippen LogP contribution is -2.51. The fourth-order valence-electron chi connectivity index (χ4n) is 5.31. The van der Waals surface area contributed by atoms with Crippen LogP contribution in [0.3, 0.4) is 0 Å². The van der Waals surface area contributed by atoms with Crippen molar-refractivity contribution < 1.29 is 27.6 Å². The van der Waals surface area contributed by atoms with Gasteiger partial charge in [-0.25, -0.2) is 4.98 Å².